The van der Waals surface area contributed by atoms with Crippen LogP contribution in [0.2, 0.25) is 0 Å². The first-order valence-electron chi connectivity index (χ1n) is 15.5. The smallest absolute Gasteiger partial charge is 0.236 e. The van der Waals surface area contributed by atoms with Gasteiger partial charge in [0.25, 0.3) is 0 Å². The highest BCUT2D eigenvalue weighted by atomic mass is 16.3. The largest absolute Gasteiger partial charge is 0.452 e. The Morgan fingerprint density at radius 1 is 0.457 bits per heavy atom. The summed E-state index contributed by atoms with van der Waals surface area (Å²) in [7, 11) is 0. The van der Waals surface area contributed by atoms with Gasteiger partial charge in [-0.3, -0.25) is 4.57 Å². The molecule has 0 aliphatic heterocycles. The van der Waals surface area contributed by atoms with Crippen molar-refractivity contribution in [3.63, 3.8) is 0 Å². The fourth-order valence-electron chi connectivity index (χ4n) is 7.10. The molecule has 0 bridgehead atoms. The van der Waals surface area contributed by atoms with E-state index in [1.165, 1.54) is 32.3 Å². The maximum absolute atomic E-state index is 6.63. The molecule has 0 saturated carbocycles. The molecule has 4 heteroatoms. The fourth-order valence-corrected chi connectivity index (χ4v) is 7.10. The van der Waals surface area contributed by atoms with Gasteiger partial charge in [-0.25, -0.2) is 9.97 Å². The monoisotopic (exact) mass is 587 g/mol. The highest BCUT2D eigenvalue weighted by Gasteiger charge is 2.23. The summed E-state index contributed by atoms with van der Waals surface area (Å²) in [6, 6.07) is 53.1. The van der Waals surface area contributed by atoms with Gasteiger partial charge >= 0.3 is 0 Å². The Balaban J connectivity index is 1.34. The summed E-state index contributed by atoms with van der Waals surface area (Å²) in [5.41, 5.74) is 8.42. The van der Waals surface area contributed by atoms with Crippen LogP contribution in [-0.4, -0.2) is 14.5 Å². The van der Waals surface area contributed by atoms with Crippen LogP contribution in [0.4, 0.5) is 0 Å². The molecule has 7 aromatic carbocycles. The number of benzene rings is 7. The van der Waals surface area contributed by atoms with Gasteiger partial charge in [0.05, 0.1) is 11.0 Å². The van der Waals surface area contributed by atoms with Gasteiger partial charge in [-0.15, -0.1) is 0 Å². The lowest BCUT2D eigenvalue weighted by atomic mass is 10.00. The molecule has 0 amide bonds. The van der Waals surface area contributed by atoms with Gasteiger partial charge in [-0.05, 0) is 56.9 Å². The molecule has 10 rings (SSSR count). The van der Waals surface area contributed by atoms with E-state index in [-0.39, 0.29) is 0 Å². The maximum Gasteiger partial charge on any atom is 0.236 e. The molecule has 0 saturated heterocycles. The summed E-state index contributed by atoms with van der Waals surface area (Å²) in [5, 5.41) is 8.22. The average molecular weight is 588 g/mol. The predicted octanol–water partition coefficient (Wildman–Crippen LogP) is 11.1. The van der Waals surface area contributed by atoms with Crippen molar-refractivity contribution in [1.29, 1.82) is 0 Å². The van der Waals surface area contributed by atoms with E-state index in [1.54, 1.807) is 0 Å². The van der Waals surface area contributed by atoms with Gasteiger partial charge in [0.1, 0.15) is 16.8 Å². The Hall–Kier alpha value is -6.26. The predicted molar refractivity (Wildman–Crippen MR) is 190 cm³/mol. The number of nitrogens with zero attached hydrogens (tertiary/aromatic N) is 3. The van der Waals surface area contributed by atoms with Crippen LogP contribution in [0.3, 0.4) is 0 Å². The third kappa shape index (κ3) is 3.61. The molecular weight excluding hydrogens is 562 g/mol. The van der Waals surface area contributed by atoms with Gasteiger partial charge in [0, 0.05) is 21.7 Å². The van der Waals surface area contributed by atoms with Gasteiger partial charge in [-0.1, -0.05) is 127 Å². The molecule has 46 heavy (non-hydrogen) atoms. The van der Waals surface area contributed by atoms with E-state index in [9.17, 15) is 0 Å². The number of fused-ring (bicyclic) bond motifs is 10. The van der Waals surface area contributed by atoms with Crippen molar-refractivity contribution >= 4 is 65.4 Å². The molecule has 0 radical (unpaired) electrons. The van der Waals surface area contributed by atoms with Crippen molar-refractivity contribution in [2.24, 2.45) is 0 Å². The third-order valence-corrected chi connectivity index (χ3v) is 9.20. The second-order valence-corrected chi connectivity index (χ2v) is 11.8. The molecule has 3 aromatic heterocycles. The molecule has 0 spiro atoms. The zero-order valence-electron chi connectivity index (χ0n) is 24.7. The lowest BCUT2D eigenvalue weighted by molar-refractivity contribution is 0.667. The third-order valence-electron chi connectivity index (χ3n) is 9.20. The van der Waals surface area contributed by atoms with Crippen LogP contribution >= 0.6 is 0 Å². The number of furan rings is 1. The number of hydrogen-bond acceptors (Lipinski definition) is 3. The fraction of sp³-hybridized carbons (Fsp3) is 0. The van der Waals surface area contributed by atoms with Crippen LogP contribution in [0.25, 0.3) is 93.8 Å². The van der Waals surface area contributed by atoms with E-state index < -0.39 is 0 Å². The summed E-state index contributed by atoms with van der Waals surface area (Å²) >= 11 is 0. The number of rotatable bonds is 3. The zero-order chi connectivity index (χ0) is 30.2. The van der Waals surface area contributed by atoms with Gasteiger partial charge in [-0.2, -0.15) is 0 Å². The van der Waals surface area contributed by atoms with Gasteiger partial charge in [0.2, 0.25) is 5.95 Å². The van der Waals surface area contributed by atoms with E-state index in [1.807, 2.05) is 24.3 Å². The normalized spacial score (nSPS) is 11.9. The van der Waals surface area contributed by atoms with Crippen molar-refractivity contribution in [1.82, 2.24) is 14.5 Å². The van der Waals surface area contributed by atoms with E-state index in [4.69, 9.17) is 14.4 Å². The Kier molecular flexibility index (Phi) is 5.25. The summed E-state index contributed by atoms with van der Waals surface area (Å²) in [6.45, 7) is 0. The molecule has 0 fully saturated rings. The minimum atomic E-state index is 0.617. The molecule has 0 unspecified atom stereocenters. The number of hydrogen-bond donors (Lipinski definition) is 0. The summed E-state index contributed by atoms with van der Waals surface area (Å²) in [5.74, 6) is 0.617. The van der Waals surface area contributed by atoms with Crippen LogP contribution in [-0.2, 0) is 0 Å². The first kappa shape index (κ1) is 25.1. The highest BCUT2D eigenvalue weighted by molar-refractivity contribution is 6.28. The van der Waals surface area contributed by atoms with Crippen molar-refractivity contribution in [3.8, 4) is 28.3 Å². The number of aromatic nitrogens is 3. The van der Waals surface area contributed by atoms with Crippen LogP contribution < -0.4 is 0 Å². The SMILES string of the molecule is c1ccc(-c2ccc3c(c2)oc2c(-c4ccccc4)nc(-n4c5ccc6ccccc6c5c5c6ccccc6ccc54)nc23)cc1. The Labute approximate surface area is 263 Å². The standard InChI is InChI=1S/C42H25N3O/c1-3-11-26(12-4-1)30-19-22-33-36(25-30)46-41-39(29-15-5-2-6-16-29)43-42(44-40(33)41)45-34-23-20-27-13-7-9-17-31(27)37(34)38-32-18-10-8-14-28(32)21-24-35(38)45/h1-25H. The second-order valence-electron chi connectivity index (χ2n) is 11.8. The Morgan fingerprint density at radius 2 is 1.04 bits per heavy atom. The average Bonchev–Trinajstić information content (AvgIpc) is 3.67. The van der Waals surface area contributed by atoms with Gasteiger partial charge in [0.15, 0.2) is 5.58 Å². The Morgan fingerprint density at radius 3 is 1.70 bits per heavy atom. The van der Waals surface area contributed by atoms with Crippen LogP contribution in [0.1, 0.15) is 0 Å². The molecule has 214 valence electrons. The summed E-state index contributed by atoms with van der Waals surface area (Å²) < 4.78 is 8.86. The molecule has 3 heterocycles. The van der Waals surface area contributed by atoms with Crippen LogP contribution in [0, 0.1) is 0 Å². The minimum Gasteiger partial charge on any atom is -0.452 e. The Bertz CT molecular complexity index is 2700. The lowest BCUT2D eigenvalue weighted by Crippen LogP contribution is -2.02. The van der Waals surface area contributed by atoms with Crippen molar-refractivity contribution in [3.05, 3.63) is 152 Å². The van der Waals surface area contributed by atoms with Crippen molar-refractivity contribution < 1.29 is 4.42 Å². The van der Waals surface area contributed by atoms with E-state index >= 15 is 0 Å². The van der Waals surface area contributed by atoms with E-state index in [2.05, 4.69) is 132 Å². The van der Waals surface area contributed by atoms with Crippen LogP contribution in [0.15, 0.2) is 156 Å². The quantitative estimate of drug-likeness (QED) is 0.207. The van der Waals surface area contributed by atoms with Crippen molar-refractivity contribution in [2.45, 2.75) is 0 Å². The summed E-state index contributed by atoms with van der Waals surface area (Å²) in [4.78, 5) is 10.6. The van der Waals surface area contributed by atoms with Gasteiger partial charge < -0.3 is 4.42 Å². The molecule has 0 aliphatic rings. The lowest BCUT2D eigenvalue weighted by Gasteiger charge is -2.10. The minimum absolute atomic E-state index is 0.617. The molecule has 0 aliphatic carbocycles. The first-order valence-corrected chi connectivity index (χ1v) is 15.5. The maximum atomic E-state index is 6.63. The first-order chi connectivity index (χ1) is 22.8. The van der Waals surface area contributed by atoms with Crippen molar-refractivity contribution in [2.75, 3.05) is 0 Å². The summed E-state index contributed by atoms with van der Waals surface area (Å²) in [6.07, 6.45) is 0. The zero-order valence-corrected chi connectivity index (χ0v) is 24.7. The molecule has 0 N–H and O–H groups in total. The van der Waals surface area contributed by atoms with E-state index in [0.29, 0.717) is 11.5 Å². The topological polar surface area (TPSA) is 43.9 Å². The molecule has 0 atom stereocenters. The molecule has 4 nitrogen and oxygen atoms in total. The highest BCUT2D eigenvalue weighted by Crippen LogP contribution is 2.42. The van der Waals surface area contributed by atoms with E-state index in [0.717, 1.165) is 49.9 Å². The second kappa shape index (κ2) is 9.62. The molecule has 10 aromatic rings. The van der Waals surface area contributed by atoms with Crippen LogP contribution in [0.5, 0.6) is 0 Å². The molecular formula is C42H25N3O.